The van der Waals surface area contributed by atoms with Gasteiger partial charge in [0.2, 0.25) is 11.8 Å². The first-order chi connectivity index (χ1) is 39.8. The van der Waals surface area contributed by atoms with E-state index in [9.17, 15) is 42.5 Å². The number of nitrogens with zero attached hydrogens (tertiary/aromatic N) is 6. The Balaban J connectivity index is 0.713. The Bertz CT molecular complexity index is 3820. The number of halogens is 1. The number of aromatic amines is 1. The first-order valence-corrected chi connectivity index (χ1v) is 29.6. The van der Waals surface area contributed by atoms with Gasteiger partial charge in [-0.15, -0.1) is 0 Å². The van der Waals surface area contributed by atoms with E-state index in [2.05, 4.69) is 77.8 Å². The predicted molar refractivity (Wildman–Crippen MR) is 313 cm³/mol. The molecule has 4 aromatic carbocycles. The molecule has 6 aromatic rings. The number of amides is 5. The van der Waals surface area contributed by atoms with E-state index in [0.717, 1.165) is 73.8 Å². The lowest BCUT2D eigenvalue weighted by Crippen LogP contribution is -2.54. The Kier molecular flexibility index (Phi) is 15.9. The summed E-state index contributed by atoms with van der Waals surface area (Å²) in [4.78, 5) is 91.1. The molecule has 0 spiro atoms. The van der Waals surface area contributed by atoms with E-state index in [1.807, 2.05) is 18.2 Å². The number of imide groups is 2. The molecule has 3 saturated heterocycles. The normalized spacial score (nSPS) is 18.9. The first kappa shape index (κ1) is 56.4. The van der Waals surface area contributed by atoms with Crippen molar-refractivity contribution in [2.24, 2.45) is 11.3 Å². The van der Waals surface area contributed by atoms with Gasteiger partial charge in [0, 0.05) is 85.7 Å². The van der Waals surface area contributed by atoms with E-state index in [1.54, 1.807) is 30.5 Å². The number of nitro benzene ring substituents is 1. The number of carbonyl (C=O) groups excluding carboxylic acids is 5. The van der Waals surface area contributed by atoms with Gasteiger partial charge in [0.25, 0.3) is 33.4 Å². The Morgan fingerprint density at radius 3 is 2.41 bits per heavy atom. The van der Waals surface area contributed by atoms with Crippen molar-refractivity contribution < 1.29 is 42.1 Å². The van der Waals surface area contributed by atoms with Crippen LogP contribution < -0.4 is 25.0 Å². The summed E-state index contributed by atoms with van der Waals surface area (Å²) in [7, 11) is -4.65. The molecular formula is C61H61ClN10O10S. The summed E-state index contributed by atoms with van der Waals surface area (Å²) in [6, 6.07) is 23.9. The van der Waals surface area contributed by atoms with Crippen LogP contribution in [0.15, 0.2) is 114 Å². The van der Waals surface area contributed by atoms with Gasteiger partial charge in [-0.3, -0.25) is 54.1 Å². The van der Waals surface area contributed by atoms with Gasteiger partial charge in [-0.2, -0.15) is 0 Å². The van der Waals surface area contributed by atoms with Crippen molar-refractivity contribution in [3.8, 4) is 23.3 Å². The topological polar surface area (TPSA) is 250 Å². The van der Waals surface area contributed by atoms with Crippen molar-refractivity contribution in [1.29, 1.82) is 0 Å². The molecule has 5 aliphatic rings. The summed E-state index contributed by atoms with van der Waals surface area (Å²) in [5, 5.41) is 19.3. The number of pyridine rings is 1. The van der Waals surface area contributed by atoms with Crippen LogP contribution in [-0.2, 0) is 19.6 Å². The van der Waals surface area contributed by atoms with Crippen LogP contribution >= 0.6 is 11.6 Å². The fraction of sp³-hybridized carbons (Fsp3) is 0.344. The minimum Gasteiger partial charge on any atom is -0.455 e. The molecular weight excluding hydrogens is 1100 g/mol. The zero-order valence-electron chi connectivity index (χ0n) is 45.8. The van der Waals surface area contributed by atoms with Crippen molar-refractivity contribution in [3.63, 3.8) is 0 Å². The van der Waals surface area contributed by atoms with Crippen LogP contribution in [0.3, 0.4) is 0 Å². The number of fused-ring (bicyclic) bond motifs is 2. The molecule has 428 valence electrons. The highest BCUT2D eigenvalue weighted by atomic mass is 35.5. The number of ether oxygens (including phenoxy) is 1. The third kappa shape index (κ3) is 12.5. The van der Waals surface area contributed by atoms with Crippen LogP contribution in [0.25, 0.3) is 16.6 Å². The second-order valence-electron chi connectivity index (χ2n) is 22.5. The number of likely N-dealkylation sites (tertiary alicyclic amines) is 1. The summed E-state index contributed by atoms with van der Waals surface area (Å²) in [6.07, 6.45) is 7.97. The maximum Gasteiger partial charge on any atom is 0.293 e. The number of piperazine rings is 1. The molecule has 3 fully saturated rings. The largest absolute Gasteiger partial charge is 0.455 e. The number of anilines is 2. The molecule has 5 amide bonds. The predicted octanol–water partition coefficient (Wildman–Crippen LogP) is 8.40. The summed E-state index contributed by atoms with van der Waals surface area (Å²) < 4.78 is 36.4. The SMILES string of the molecule is CC1(C)CCC(CN2CCN(c3ccc(C(=O)NS(=O)(=O)c4ccc(NCC5CCN(CC#Cc6ccc7c(c6)C(=O)N(C6CCC(=O)NC6=O)C7=O)CC5)c([N+](=O)[O-])c4)c(Oc4cnc5[nH]ccc5c4)c3)CC2)=C(c2ccc(Cl)cc2)C1. The van der Waals surface area contributed by atoms with Gasteiger partial charge < -0.3 is 19.9 Å². The number of benzene rings is 4. The van der Waals surface area contributed by atoms with Crippen LogP contribution in [-0.4, -0.2) is 132 Å². The fourth-order valence-corrected chi connectivity index (χ4v) is 12.7. The number of carbonyl (C=O) groups is 5. The molecule has 0 saturated carbocycles. The highest BCUT2D eigenvalue weighted by molar-refractivity contribution is 7.90. The van der Waals surface area contributed by atoms with Crippen LogP contribution in [0.4, 0.5) is 17.1 Å². The van der Waals surface area contributed by atoms with Crippen molar-refractivity contribution in [3.05, 3.63) is 152 Å². The molecule has 20 nitrogen and oxygen atoms in total. The number of rotatable bonds is 15. The molecule has 0 bridgehead atoms. The lowest BCUT2D eigenvalue weighted by Gasteiger charge is -2.39. The van der Waals surface area contributed by atoms with Crippen molar-refractivity contribution in [2.45, 2.75) is 69.7 Å². The van der Waals surface area contributed by atoms with Crippen molar-refractivity contribution >= 4 is 84.8 Å². The van der Waals surface area contributed by atoms with E-state index in [1.165, 1.54) is 53.2 Å². The Hall–Kier alpha value is -8.42. The molecule has 4 aliphatic heterocycles. The molecule has 4 N–H and O–H groups in total. The number of sulfonamides is 1. The van der Waals surface area contributed by atoms with Crippen molar-refractivity contribution in [1.82, 2.24) is 34.7 Å². The lowest BCUT2D eigenvalue weighted by atomic mass is 9.72. The Labute approximate surface area is 484 Å². The maximum atomic E-state index is 14.1. The summed E-state index contributed by atoms with van der Waals surface area (Å²) in [5.74, 6) is 3.44. The monoisotopic (exact) mass is 1160 g/mol. The highest BCUT2D eigenvalue weighted by Gasteiger charge is 2.45. The number of piperidine rings is 2. The minimum atomic E-state index is -4.65. The third-order valence-electron chi connectivity index (χ3n) is 16.3. The number of allylic oxidation sites excluding steroid dienone is 1. The molecule has 1 atom stereocenters. The van der Waals surface area contributed by atoms with Gasteiger partial charge >= 0.3 is 0 Å². The standard InChI is InChI=1S/C61H61ClN10O10S/c1-61(2)21-17-42(50(34-61)40-6-8-43(62)9-7-40)37-69-26-28-70(29-27-69)44-10-13-48(54(32-44)82-45-31-41-18-22-63-56(41)65-36-45)57(74)67-83(80,81)46-11-14-51(53(33-46)72(78)79)64-35-39-19-24-68(25-20-39)23-3-4-38-5-12-47-49(30-38)60(77)71(59(47)76)52-15-16-55(73)66-58(52)75/h5-14,18,22,30-33,36,39,52,64H,15-17,19-21,23-29,34-35,37H2,1-2H3,(H,63,65)(H,67,74)(H,66,73,75). The van der Waals surface area contributed by atoms with Crippen molar-refractivity contribution in [2.75, 3.05) is 69.1 Å². The Morgan fingerprint density at radius 2 is 1.65 bits per heavy atom. The van der Waals surface area contributed by atoms with E-state index in [4.69, 9.17) is 16.3 Å². The Morgan fingerprint density at radius 1 is 0.880 bits per heavy atom. The van der Waals surface area contributed by atoms with E-state index in [-0.39, 0.29) is 52.3 Å². The van der Waals surface area contributed by atoms with Crippen LogP contribution in [0.2, 0.25) is 5.02 Å². The summed E-state index contributed by atoms with van der Waals surface area (Å²) in [5.41, 5.74) is 6.10. The van der Waals surface area contributed by atoms with Crippen LogP contribution in [0.5, 0.6) is 11.5 Å². The molecule has 6 heterocycles. The minimum absolute atomic E-state index is 0.0273. The molecule has 22 heteroatoms. The van der Waals surface area contributed by atoms with Gasteiger partial charge in [0.1, 0.15) is 28.9 Å². The molecule has 83 heavy (non-hydrogen) atoms. The van der Waals surface area contributed by atoms with Gasteiger partial charge in [-0.25, -0.2) is 18.1 Å². The first-order valence-electron chi connectivity index (χ1n) is 27.7. The average Bonchev–Trinajstić information content (AvgIpc) is 4.03. The van der Waals surface area contributed by atoms with Gasteiger partial charge in [0.05, 0.1) is 39.3 Å². The number of aromatic nitrogens is 2. The average molecular weight is 1160 g/mol. The van der Waals surface area contributed by atoms with Crippen LogP contribution in [0, 0.1) is 33.3 Å². The fourth-order valence-electron chi connectivity index (χ4n) is 11.6. The van der Waals surface area contributed by atoms with Gasteiger partial charge in [-0.1, -0.05) is 55.0 Å². The number of nitrogens with one attached hydrogen (secondary N) is 4. The lowest BCUT2D eigenvalue weighted by molar-refractivity contribution is -0.384. The summed E-state index contributed by atoms with van der Waals surface area (Å²) in [6.45, 7) is 10.7. The second-order valence-corrected chi connectivity index (χ2v) is 24.7. The number of H-pyrrole nitrogens is 1. The number of nitro groups is 1. The van der Waals surface area contributed by atoms with Gasteiger partial charge in [0.15, 0.2) is 0 Å². The van der Waals surface area contributed by atoms with E-state index in [0.29, 0.717) is 61.3 Å². The van der Waals surface area contributed by atoms with Crippen LogP contribution in [0.1, 0.15) is 101 Å². The third-order valence-corrected chi connectivity index (χ3v) is 17.9. The summed E-state index contributed by atoms with van der Waals surface area (Å²) >= 11 is 6.26. The smallest absolute Gasteiger partial charge is 0.293 e. The number of hydrogen-bond donors (Lipinski definition) is 4. The maximum absolute atomic E-state index is 14.1. The molecule has 2 aromatic heterocycles. The second kappa shape index (κ2) is 23.4. The zero-order chi connectivity index (χ0) is 58.2. The van der Waals surface area contributed by atoms with Gasteiger partial charge in [-0.05, 0) is 141 Å². The molecule has 0 radical (unpaired) electrons. The molecule has 1 aliphatic carbocycles. The van der Waals surface area contributed by atoms with E-state index >= 15 is 0 Å². The zero-order valence-corrected chi connectivity index (χ0v) is 47.4. The number of hydrogen-bond acceptors (Lipinski definition) is 15. The van der Waals surface area contributed by atoms with E-state index < -0.39 is 61.1 Å². The quantitative estimate of drug-likeness (QED) is 0.0326. The molecule has 11 rings (SSSR count). The molecule has 1 unspecified atom stereocenters. The highest BCUT2D eigenvalue weighted by Crippen LogP contribution is 2.44.